The molecule has 2 saturated carbocycles. The van der Waals surface area contributed by atoms with Crippen molar-refractivity contribution in [3.05, 3.63) is 0 Å². The van der Waals surface area contributed by atoms with E-state index in [0.29, 0.717) is 0 Å². The Labute approximate surface area is 144 Å². The zero-order valence-electron chi connectivity index (χ0n) is 15.2. The molecule has 2 atom stereocenters. The van der Waals surface area contributed by atoms with Crippen molar-refractivity contribution in [2.24, 2.45) is 23.5 Å². The van der Waals surface area contributed by atoms with Gasteiger partial charge in [0.05, 0.1) is 0 Å². The lowest BCUT2D eigenvalue weighted by atomic mass is 9.76. The highest BCUT2D eigenvalue weighted by atomic mass is 16.1. The first kappa shape index (κ1) is 18.8. The molecule has 23 heavy (non-hydrogen) atoms. The van der Waals surface area contributed by atoms with Crippen molar-refractivity contribution >= 4 is 5.91 Å². The van der Waals surface area contributed by atoms with Crippen molar-refractivity contribution in [3.63, 3.8) is 0 Å². The Hall–Kier alpha value is -0.530. The highest BCUT2D eigenvalue weighted by Crippen LogP contribution is 2.35. The standard InChI is InChI=1S/C21H39NO/c22-21(23)20-15-11-7-6-10-14-19(16-17-20)18-12-8-4-2-1-3-5-9-13-18/h18-20H,1-17H2,(H2,22,23). The number of hydrogen-bond acceptors (Lipinski definition) is 1. The predicted octanol–water partition coefficient (Wildman–Crippen LogP) is 5.98. The zero-order chi connectivity index (χ0) is 16.3. The minimum atomic E-state index is -0.0460. The van der Waals surface area contributed by atoms with Crippen LogP contribution in [-0.4, -0.2) is 5.91 Å². The van der Waals surface area contributed by atoms with E-state index in [2.05, 4.69) is 0 Å². The summed E-state index contributed by atoms with van der Waals surface area (Å²) in [7, 11) is 0. The lowest BCUT2D eigenvalue weighted by Gasteiger charge is -2.30. The van der Waals surface area contributed by atoms with Crippen LogP contribution in [0.15, 0.2) is 0 Å². The van der Waals surface area contributed by atoms with Crippen LogP contribution in [0, 0.1) is 17.8 Å². The van der Waals surface area contributed by atoms with Crippen LogP contribution in [-0.2, 0) is 4.79 Å². The normalized spacial score (nSPS) is 30.4. The van der Waals surface area contributed by atoms with Crippen LogP contribution in [0.4, 0.5) is 0 Å². The Kier molecular flexibility index (Phi) is 9.07. The zero-order valence-corrected chi connectivity index (χ0v) is 15.2. The van der Waals surface area contributed by atoms with E-state index in [-0.39, 0.29) is 11.8 Å². The summed E-state index contributed by atoms with van der Waals surface area (Å²) in [5.74, 6) is 1.88. The fraction of sp³-hybridized carbons (Fsp3) is 0.952. The fourth-order valence-electron chi connectivity index (χ4n) is 4.92. The SMILES string of the molecule is NC(=O)C1CCCCCCC(C2CCCCCCCCC2)CC1. The number of amides is 1. The third-order valence-corrected chi connectivity index (χ3v) is 6.48. The summed E-state index contributed by atoms with van der Waals surface area (Å²) in [4.78, 5) is 11.7. The van der Waals surface area contributed by atoms with Crippen LogP contribution in [0.2, 0.25) is 0 Å². The molecule has 2 N–H and O–H groups in total. The molecule has 1 amide bonds. The summed E-state index contributed by atoms with van der Waals surface area (Å²) < 4.78 is 0. The predicted molar refractivity (Wildman–Crippen MR) is 98.2 cm³/mol. The maximum absolute atomic E-state index is 11.7. The van der Waals surface area contributed by atoms with Gasteiger partial charge in [0.1, 0.15) is 0 Å². The maximum Gasteiger partial charge on any atom is 0.220 e. The second-order valence-corrected chi connectivity index (χ2v) is 8.24. The number of hydrogen-bond donors (Lipinski definition) is 1. The summed E-state index contributed by atoms with van der Waals surface area (Å²) in [6.45, 7) is 0. The topological polar surface area (TPSA) is 43.1 Å². The second-order valence-electron chi connectivity index (χ2n) is 8.24. The molecule has 2 heteroatoms. The molecule has 2 nitrogen and oxygen atoms in total. The van der Waals surface area contributed by atoms with Gasteiger partial charge in [-0.2, -0.15) is 0 Å². The lowest BCUT2D eigenvalue weighted by Crippen LogP contribution is -2.25. The van der Waals surface area contributed by atoms with Crippen molar-refractivity contribution < 1.29 is 4.79 Å². The first-order valence-corrected chi connectivity index (χ1v) is 10.6. The first-order chi connectivity index (χ1) is 11.3. The maximum atomic E-state index is 11.7. The van der Waals surface area contributed by atoms with E-state index in [9.17, 15) is 4.79 Å². The van der Waals surface area contributed by atoms with Gasteiger partial charge in [0.15, 0.2) is 0 Å². The highest BCUT2D eigenvalue weighted by molar-refractivity contribution is 5.76. The van der Waals surface area contributed by atoms with E-state index < -0.39 is 0 Å². The summed E-state index contributed by atoms with van der Waals surface area (Å²) >= 11 is 0. The summed E-state index contributed by atoms with van der Waals surface area (Å²) in [6.07, 6.45) is 22.9. The molecular weight excluding hydrogens is 282 g/mol. The number of carbonyl (C=O) groups is 1. The fourth-order valence-corrected chi connectivity index (χ4v) is 4.92. The van der Waals surface area contributed by atoms with Gasteiger partial charge in [0.25, 0.3) is 0 Å². The van der Waals surface area contributed by atoms with E-state index in [4.69, 9.17) is 5.73 Å². The van der Waals surface area contributed by atoms with Gasteiger partial charge in [-0.25, -0.2) is 0 Å². The quantitative estimate of drug-likeness (QED) is 0.668. The summed E-state index contributed by atoms with van der Waals surface area (Å²) in [6, 6.07) is 0. The smallest absolute Gasteiger partial charge is 0.220 e. The molecule has 0 heterocycles. The third kappa shape index (κ3) is 7.27. The minimum absolute atomic E-state index is 0.0460. The van der Waals surface area contributed by atoms with Crippen LogP contribution in [0.1, 0.15) is 109 Å². The van der Waals surface area contributed by atoms with Crippen LogP contribution < -0.4 is 5.73 Å². The van der Waals surface area contributed by atoms with Crippen molar-refractivity contribution in [1.82, 2.24) is 0 Å². The first-order valence-electron chi connectivity index (χ1n) is 10.6. The van der Waals surface area contributed by atoms with Crippen molar-refractivity contribution in [2.45, 2.75) is 109 Å². The molecule has 0 aliphatic heterocycles. The molecule has 2 aliphatic rings. The Balaban J connectivity index is 1.92. The molecule has 2 unspecified atom stereocenters. The van der Waals surface area contributed by atoms with Gasteiger partial charge in [-0.15, -0.1) is 0 Å². The van der Waals surface area contributed by atoms with Crippen LogP contribution in [0.25, 0.3) is 0 Å². The molecule has 0 bridgehead atoms. The number of primary amides is 1. The number of carbonyl (C=O) groups excluding carboxylic acids is 1. The summed E-state index contributed by atoms with van der Waals surface area (Å²) in [5, 5.41) is 0. The second kappa shape index (κ2) is 11.1. The van der Waals surface area contributed by atoms with Gasteiger partial charge < -0.3 is 5.73 Å². The molecule has 0 saturated heterocycles. The van der Waals surface area contributed by atoms with E-state index in [1.165, 1.54) is 96.3 Å². The monoisotopic (exact) mass is 321 g/mol. The van der Waals surface area contributed by atoms with Crippen molar-refractivity contribution in [1.29, 1.82) is 0 Å². The average Bonchev–Trinajstić information content (AvgIpc) is 2.56. The lowest BCUT2D eigenvalue weighted by molar-refractivity contribution is -0.122. The minimum Gasteiger partial charge on any atom is -0.369 e. The van der Waals surface area contributed by atoms with Crippen LogP contribution >= 0.6 is 0 Å². The molecule has 134 valence electrons. The van der Waals surface area contributed by atoms with Crippen LogP contribution in [0.3, 0.4) is 0 Å². The van der Waals surface area contributed by atoms with Gasteiger partial charge in [0, 0.05) is 5.92 Å². The molecule has 0 aromatic heterocycles. The van der Waals surface area contributed by atoms with Crippen LogP contribution in [0.5, 0.6) is 0 Å². The van der Waals surface area contributed by atoms with E-state index >= 15 is 0 Å². The van der Waals surface area contributed by atoms with Crippen molar-refractivity contribution in [2.75, 3.05) is 0 Å². The van der Waals surface area contributed by atoms with Gasteiger partial charge in [0.2, 0.25) is 5.91 Å². The molecule has 0 aromatic rings. The average molecular weight is 322 g/mol. The molecule has 2 rings (SSSR count). The number of rotatable bonds is 2. The molecular formula is C21H39NO. The van der Waals surface area contributed by atoms with E-state index in [1.54, 1.807) is 0 Å². The summed E-state index contributed by atoms with van der Waals surface area (Å²) in [5.41, 5.74) is 5.65. The van der Waals surface area contributed by atoms with Gasteiger partial charge in [-0.3, -0.25) is 4.79 Å². The highest BCUT2D eigenvalue weighted by Gasteiger charge is 2.24. The largest absolute Gasteiger partial charge is 0.369 e. The third-order valence-electron chi connectivity index (χ3n) is 6.48. The van der Waals surface area contributed by atoms with Crippen molar-refractivity contribution in [3.8, 4) is 0 Å². The van der Waals surface area contributed by atoms with Gasteiger partial charge in [-0.05, 0) is 31.1 Å². The van der Waals surface area contributed by atoms with E-state index in [1.807, 2.05) is 0 Å². The molecule has 2 aliphatic carbocycles. The van der Waals surface area contributed by atoms with Gasteiger partial charge >= 0.3 is 0 Å². The Morgan fingerprint density at radius 1 is 0.522 bits per heavy atom. The molecule has 2 fully saturated rings. The van der Waals surface area contributed by atoms with Gasteiger partial charge in [-0.1, -0.05) is 89.9 Å². The molecule has 0 aromatic carbocycles. The Bertz CT molecular complexity index is 318. The molecule has 0 radical (unpaired) electrons. The number of nitrogens with two attached hydrogens (primary N) is 1. The Morgan fingerprint density at radius 2 is 0.913 bits per heavy atom. The van der Waals surface area contributed by atoms with E-state index in [0.717, 1.165) is 24.7 Å². The Morgan fingerprint density at radius 3 is 1.39 bits per heavy atom. The molecule has 0 spiro atoms.